The van der Waals surface area contributed by atoms with Crippen LogP contribution in [-0.2, 0) is 0 Å². The Hall–Kier alpha value is -1.19. The van der Waals surface area contributed by atoms with Crippen molar-refractivity contribution in [3.05, 3.63) is 51.5 Å². The number of rotatable bonds is 3. The first-order valence-electron chi connectivity index (χ1n) is 6.44. The molecule has 1 heterocycles. The number of nitrogens with zero attached hydrogens (tertiary/aromatic N) is 1. The second-order valence-electron chi connectivity index (χ2n) is 4.99. The molecule has 1 atom stereocenters. The van der Waals surface area contributed by atoms with Crippen molar-refractivity contribution in [2.24, 2.45) is 0 Å². The first-order valence-corrected chi connectivity index (χ1v) is 7.32. The van der Waals surface area contributed by atoms with Crippen LogP contribution in [0, 0.1) is 6.92 Å². The first kappa shape index (κ1) is 11.9. The molecule has 1 aliphatic carbocycles. The molecule has 18 heavy (non-hydrogen) atoms. The molecule has 0 amide bonds. The van der Waals surface area contributed by atoms with Crippen molar-refractivity contribution >= 4 is 11.3 Å². The van der Waals surface area contributed by atoms with E-state index in [4.69, 9.17) is 0 Å². The van der Waals surface area contributed by atoms with Crippen molar-refractivity contribution in [2.75, 3.05) is 0 Å². The molecule has 0 radical (unpaired) electrons. The van der Waals surface area contributed by atoms with E-state index in [1.165, 1.54) is 36.2 Å². The fraction of sp³-hybridized carbons (Fsp3) is 0.400. The predicted octanol–water partition coefficient (Wildman–Crippen LogP) is 3.80. The number of aliphatic hydroxyl groups is 1. The summed E-state index contributed by atoms with van der Waals surface area (Å²) >= 11 is 1.54. The van der Waals surface area contributed by atoms with Crippen LogP contribution in [0.5, 0.6) is 0 Å². The van der Waals surface area contributed by atoms with Gasteiger partial charge < -0.3 is 5.11 Å². The van der Waals surface area contributed by atoms with Gasteiger partial charge in [0.2, 0.25) is 0 Å². The first-order chi connectivity index (χ1) is 8.75. The zero-order chi connectivity index (χ0) is 12.5. The minimum absolute atomic E-state index is 0.569. The van der Waals surface area contributed by atoms with Gasteiger partial charge in [0.05, 0.1) is 0 Å². The smallest absolute Gasteiger partial charge is 0.131 e. The number of hydrogen-bond donors (Lipinski definition) is 1. The third-order valence-corrected chi connectivity index (χ3v) is 4.72. The van der Waals surface area contributed by atoms with Crippen LogP contribution in [-0.4, -0.2) is 10.1 Å². The molecule has 0 spiro atoms. The van der Waals surface area contributed by atoms with Crippen molar-refractivity contribution in [3.63, 3.8) is 0 Å². The third-order valence-electron chi connectivity index (χ3n) is 3.71. The van der Waals surface area contributed by atoms with Gasteiger partial charge in [-0.1, -0.05) is 30.7 Å². The Morgan fingerprint density at radius 1 is 1.33 bits per heavy atom. The molecule has 1 aromatic carbocycles. The molecule has 2 aromatic rings. The molecule has 1 unspecified atom stereocenters. The average Bonchev–Trinajstić information content (AvgIpc) is 2.74. The Bertz CT molecular complexity index is 545. The maximum Gasteiger partial charge on any atom is 0.131 e. The van der Waals surface area contributed by atoms with E-state index in [9.17, 15) is 5.11 Å². The zero-order valence-electron chi connectivity index (χ0n) is 10.5. The summed E-state index contributed by atoms with van der Waals surface area (Å²) in [4.78, 5) is 4.40. The normalized spacial score (nSPS) is 17.4. The largest absolute Gasteiger partial charge is 0.381 e. The minimum atomic E-state index is -0.569. The number of hydrogen-bond acceptors (Lipinski definition) is 3. The lowest BCUT2D eigenvalue weighted by Gasteiger charge is -2.28. The zero-order valence-corrected chi connectivity index (χ0v) is 11.3. The number of aromatic nitrogens is 1. The molecule has 0 bridgehead atoms. The molecule has 0 saturated heterocycles. The summed E-state index contributed by atoms with van der Waals surface area (Å²) in [6.45, 7) is 1.96. The fourth-order valence-electron chi connectivity index (χ4n) is 2.48. The lowest BCUT2D eigenvalue weighted by atomic mass is 9.77. The van der Waals surface area contributed by atoms with Crippen molar-refractivity contribution in [1.29, 1.82) is 0 Å². The van der Waals surface area contributed by atoms with Gasteiger partial charge in [-0.05, 0) is 36.8 Å². The Balaban J connectivity index is 1.95. The maximum atomic E-state index is 10.5. The molecule has 1 fully saturated rings. The van der Waals surface area contributed by atoms with Gasteiger partial charge in [0, 0.05) is 11.1 Å². The van der Waals surface area contributed by atoms with Crippen molar-refractivity contribution in [2.45, 2.75) is 38.2 Å². The topological polar surface area (TPSA) is 33.1 Å². The molecule has 1 aliphatic rings. The highest BCUT2D eigenvalue weighted by molar-refractivity contribution is 7.09. The van der Waals surface area contributed by atoms with Crippen LogP contribution >= 0.6 is 11.3 Å². The van der Waals surface area contributed by atoms with Crippen molar-refractivity contribution in [1.82, 2.24) is 4.98 Å². The highest BCUT2D eigenvalue weighted by Gasteiger charge is 2.25. The molecule has 3 heteroatoms. The highest BCUT2D eigenvalue weighted by atomic mass is 32.1. The Labute approximate surface area is 111 Å². The van der Waals surface area contributed by atoms with Gasteiger partial charge in [0.1, 0.15) is 11.1 Å². The molecule has 1 saturated carbocycles. The van der Waals surface area contributed by atoms with E-state index in [1.807, 2.05) is 24.4 Å². The Morgan fingerprint density at radius 3 is 2.72 bits per heavy atom. The fourth-order valence-corrected chi connectivity index (χ4v) is 3.28. The van der Waals surface area contributed by atoms with Gasteiger partial charge in [-0.3, -0.25) is 0 Å². The number of thiazole rings is 1. The van der Waals surface area contributed by atoms with Crippen LogP contribution in [0.4, 0.5) is 0 Å². The second kappa shape index (κ2) is 4.82. The van der Waals surface area contributed by atoms with Gasteiger partial charge in [0.25, 0.3) is 0 Å². The van der Waals surface area contributed by atoms with E-state index in [-0.39, 0.29) is 0 Å². The maximum absolute atomic E-state index is 10.5. The number of benzene rings is 1. The summed E-state index contributed by atoms with van der Waals surface area (Å²) < 4.78 is 0. The van der Waals surface area contributed by atoms with Crippen LogP contribution in [0.15, 0.2) is 29.6 Å². The van der Waals surface area contributed by atoms with Crippen molar-refractivity contribution < 1.29 is 5.11 Å². The van der Waals surface area contributed by atoms with Gasteiger partial charge in [-0.2, -0.15) is 0 Å². The minimum Gasteiger partial charge on any atom is -0.381 e. The van der Waals surface area contributed by atoms with Crippen LogP contribution in [0.2, 0.25) is 0 Å². The summed E-state index contributed by atoms with van der Waals surface area (Å²) in [5.74, 6) is 0.636. The summed E-state index contributed by atoms with van der Waals surface area (Å²) in [5.41, 5.74) is 3.33. The lowest BCUT2D eigenvalue weighted by Crippen LogP contribution is -2.13. The highest BCUT2D eigenvalue weighted by Crippen LogP contribution is 2.40. The lowest BCUT2D eigenvalue weighted by molar-refractivity contribution is 0.216. The number of aryl methyl sites for hydroxylation is 1. The van der Waals surface area contributed by atoms with E-state index in [2.05, 4.69) is 17.1 Å². The SMILES string of the molecule is Cc1csc(C(O)c2ccccc2C2CCC2)n1. The van der Waals surface area contributed by atoms with Crippen LogP contribution < -0.4 is 0 Å². The van der Waals surface area contributed by atoms with Crippen LogP contribution in [0.25, 0.3) is 0 Å². The van der Waals surface area contributed by atoms with E-state index < -0.39 is 6.10 Å². The van der Waals surface area contributed by atoms with E-state index >= 15 is 0 Å². The quantitative estimate of drug-likeness (QED) is 0.909. The monoisotopic (exact) mass is 259 g/mol. The second-order valence-corrected chi connectivity index (χ2v) is 5.88. The van der Waals surface area contributed by atoms with E-state index in [1.54, 1.807) is 0 Å². The van der Waals surface area contributed by atoms with Crippen molar-refractivity contribution in [3.8, 4) is 0 Å². The van der Waals surface area contributed by atoms with E-state index in [0.29, 0.717) is 5.92 Å². The van der Waals surface area contributed by atoms with Crippen LogP contribution in [0.3, 0.4) is 0 Å². The standard InChI is InChI=1S/C15H17NOS/c1-10-9-18-15(16-10)14(17)13-8-3-2-7-12(13)11-5-4-6-11/h2-3,7-9,11,14,17H,4-6H2,1H3. The summed E-state index contributed by atoms with van der Waals surface area (Å²) in [7, 11) is 0. The van der Waals surface area contributed by atoms with E-state index in [0.717, 1.165) is 16.3 Å². The van der Waals surface area contributed by atoms with Gasteiger partial charge in [-0.25, -0.2) is 4.98 Å². The van der Waals surface area contributed by atoms with Gasteiger partial charge >= 0.3 is 0 Å². The Kier molecular flexibility index (Phi) is 3.18. The molecular formula is C15H17NOS. The average molecular weight is 259 g/mol. The number of aliphatic hydroxyl groups excluding tert-OH is 1. The molecule has 0 aliphatic heterocycles. The molecule has 1 aromatic heterocycles. The molecule has 3 rings (SSSR count). The Morgan fingerprint density at radius 2 is 2.11 bits per heavy atom. The molecule has 2 nitrogen and oxygen atoms in total. The summed E-state index contributed by atoms with van der Waals surface area (Å²) in [5, 5.41) is 13.3. The van der Waals surface area contributed by atoms with Gasteiger partial charge in [-0.15, -0.1) is 11.3 Å². The van der Waals surface area contributed by atoms with Crippen LogP contribution in [0.1, 0.15) is 53.1 Å². The van der Waals surface area contributed by atoms with Gasteiger partial charge in [0.15, 0.2) is 0 Å². The molecule has 94 valence electrons. The predicted molar refractivity (Wildman–Crippen MR) is 73.9 cm³/mol. The summed E-state index contributed by atoms with van der Waals surface area (Å²) in [6, 6.07) is 8.26. The summed E-state index contributed by atoms with van der Waals surface area (Å²) in [6.07, 6.45) is 3.24. The third kappa shape index (κ3) is 2.08. The molecule has 1 N–H and O–H groups in total. The molecular weight excluding hydrogens is 242 g/mol.